The molecule has 1 atom stereocenters. The largest absolute Gasteiger partial charge is 0.394 e. The van der Waals surface area contributed by atoms with E-state index in [1.807, 2.05) is 54.6 Å². The van der Waals surface area contributed by atoms with Crippen LogP contribution in [0.25, 0.3) is 0 Å². The molecule has 1 aliphatic rings. The van der Waals surface area contributed by atoms with Gasteiger partial charge in [-0.1, -0.05) is 48.5 Å². The maximum atomic E-state index is 12.4. The molecule has 3 heteroatoms. The summed E-state index contributed by atoms with van der Waals surface area (Å²) in [6.07, 6.45) is 0. The molecule has 0 radical (unpaired) electrons. The number of aliphatic hydroxyl groups excluding tert-OH is 1. The Kier molecular flexibility index (Phi) is 3.05. The zero-order valence-corrected chi connectivity index (χ0v) is 10.5. The fraction of sp³-hybridized carbons (Fsp3) is 0.188. The van der Waals surface area contributed by atoms with Gasteiger partial charge >= 0.3 is 0 Å². The highest BCUT2D eigenvalue weighted by Crippen LogP contribution is 2.30. The van der Waals surface area contributed by atoms with Crippen molar-refractivity contribution in [2.75, 3.05) is 6.61 Å². The molecule has 2 aromatic carbocycles. The van der Waals surface area contributed by atoms with Gasteiger partial charge in [0.05, 0.1) is 12.6 Å². The van der Waals surface area contributed by atoms with Crippen LogP contribution >= 0.6 is 0 Å². The van der Waals surface area contributed by atoms with Gasteiger partial charge in [-0.25, -0.2) is 0 Å². The van der Waals surface area contributed by atoms with Crippen LogP contribution in [0.4, 0.5) is 0 Å². The molecular weight excluding hydrogens is 238 g/mol. The van der Waals surface area contributed by atoms with Crippen LogP contribution in [0.2, 0.25) is 0 Å². The van der Waals surface area contributed by atoms with Gasteiger partial charge in [-0.05, 0) is 17.2 Å². The number of benzene rings is 2. The van der Waals surface area contributed by atoms with Crippen LogP contribution < -0.4 is 0 Å². The van der Waals surface area contributed by atoms with E-state index in [0.717, 1.165) is 16.7 Å². The van der Waals surface area contributed by atoms with E-state index in [4.69, 9.17) is 0 Å². The minimum Gasteiger partial charge on any atom is -0.394 e. The van der Waals surface area contributed by atoms with E-state index >= 15 is 0 Å². The van der Waals surface area contributed by atoms with E-state index in [0.29, 0.717) is 6.54 Å². The quantitative estimate of drug-likeness (QED) is 0.912. The van der Waals surface area contributed by atoms with Crippen molar-refractivity contribution in [3.63, 3.8) is 0 Å². The van der Waals surface area contributed by atoms with Gasteiger partial charge in [0.25, 0.3) is 5.91 Å². The van der Waals surface area contributed by atoms with Gasteiger partial charge in [0.2, 0.25) is 0 Å². The highest BCUT2D eigenvalue weighted by molar-refractivity contribution is 5.98. The third-order valence-electron chi connectivity index (χ3n) is 3.58. The molecule has 0 fully saturated rings. The second-order valence-corrected chi connectivity index (χ2v) is 4.70. The van der Waals surface area contributed by atoms with E-state index in [1.165, 1.54) is 0 Å². The van der Waals surface area contributed by atoms with Crippen molar-refractivity contribution in [2.45, 2.75) is 12.6 Å². The normalized spacial score (nSPS) is 15.4. The second kappa shape index (κ2) is 4.86. The number of hydrogen-bond acceptors (Lipinski definition) is 2. The van der Waals surface area contributed by atoms with Gasteiger partial charge in [0.15, 0.2) is 0 Å². The fourth-order valence-corrected chi connectivity index (χ4v) is 2.59. The summed E-state index contributed by atoms with van der Waals surface area (Å²) in [5.41, 5.74) is 2.74. The number of aliphatic hydroxyl groups is 1. The predicted octanol–water partition coefficient (Wildman–Crippen LogP) is 2.38. The summed E-state index contributed by atoms with van der Waals surface area (Å²) in [5.74, 6) is -0.00139. The van der Waals surface area contributed by atoms with Gasteiger partial charge < -0.3 is 10.0 Å². The summed E-state index contributed by atoms with van der Waals surface area (Å²) in [4.78, 5) is 14.1. The first kappa shape index (κ1) is 11.9. The second-order valence-electron chi connectivity index (χ2n) is 4.70. The molecule has 96 valence electrons. The lowest BCUT2D eigenvalue weighted by atomic mass is 10.1. The summed E-state index contributed by atoms with van der Waals surface area (Å²) < 4.78 is 0. The SMILES string of the molecule is O=C1c2ccccc2CN1[C@H](CO)c1ccccc1. The molecule has 0 aliphatic carbocycles. The van der Waals surface area contributed by atoms with E-state index in [1.54, 1.807) is 4.90 Å². The highest BCUT2D eigenvalue weighted by Gasteiger charge is 2.32. The number of carbonyl (C=O) groups excluding carboxylic acids is 1. The van der Waals surface area contributed by atoms with Gasteiger partial charge in [0.1, 0.15) is 0 Å². The monoisotopic (exact) mass is 253 g/mol. The number of hydrogen-bond donors (Lipinski definition) is 1. The fourth-order valence-electron chi connectivity index (χ4n) is 2.59. The first-order valence-electron chi connectivity index (χ1n) is 6.36. The molecule has 1 aliphatic heterocycles. The van der Waals surface area contributed by atoms with Crippen LogP contribution in [-0.2, 0) is 6.54 Å². The summed E-state index contributed by atoms with van der Waals surface area (Å²) in [6.45, 7) is 0.499. The molecule has 0 unspecified atom stereocenters. The molecule has 0 aromatic heterocycles. The van der Waals surface area contributed by atoms with Gasteiger partial charge in [0, 0.05) is 12.1 Å². The average molecular weight is 253 g/mol. The summed E-state index contributed by atoms with van der Waals surface area (Å²) in [6, 6.07) is 17.0. The molecule has 0 bridgehead atoms. The molecule has 1 amide bonds. The Morgan fingerprint density at radius 3 is 2.42 bits per heavy atom. The topological polar surface area (TPSA) is 40.5 Å². The minimum atomic E-state index is -0.277. The van der Waals surface area contributed by atoms with Crippen LogP contribution in [0.5, 0.6) is 0 Å². The Hall–Kier alpha value is -2.13. The number of nitrogens with zero attached hydrogens (tertiary/aromatic N) is 1. The van der Waals surface area contributed by atoms with Crippen molar-refractivity contribution in [2.24, 2.45) is 0 Å². The molecule has 1 heterocycles. The number of amides is 1. The lowest BCUT2D eigenvalue weighted by molar-refractivity contribution is 0.0615. The zero-order chi connectivity index (χ0) is 13.2. The minimum absolute atomic E-state index is 0.00139. The Morgan fingerprint density at radius 2 is 1.74 bits per heavy atom. The van der Waals surface area contributed by atoms with E-state index < -0.39 is 0 Å². The van der Waals surface area contributed by atoms with Crippen LogP contribution in [0, 0.1) is 0 Å². The molecule has 3 nitrogen and oxygen atoms in total. The lowest BCUT2D eigenvalue weighted by Crippen LogP contribution is -2.31. The van der Waals surface area contributed by atoms with Crippen LogP contribution in [0.1, 0.15) is 27.5 Å². The number of fused-ring (bicyclic) bond motifs is 1. The molecule has 0 saturated heterocycles. The van der Waals surface area contributed by atoms with Gasteiger partial charge in [-0.2, -0.15) is 0 Å². The number of carbonyl (C=O) groups is 1. The van der Waals surface area contributed by atoms with Gasteiger partial charge in [-0.3, -0.25) is 4.79 Å². The third kappa shape index (κ3) is 2.02. The van der Waals surface area contributed by atoms with E-state index in [2.05, 4.69) is 0 Å². The number of rotatable bonds is 3. The summed E-state index contributed by atoms with van der Waals surface area (Å²) in [5, 5.41) is 9.64. The van der Waals surface area contributed by atoms with Crippen molar-refractivity contribution < 1.29 is 9.90 Å². The standard InChI is InChI=1S/C16H15NO2/c18-11-15(12-6-2-1-3-7-12)17-10-13-8-4-5-9-14(13)16(17)19/h1-9,15,18H,10-11H2/t15-/m1/s1. The molecule has 0 saturated carbocycles. The Morgan fingerprint density at radius 1 is 1.05 bits per heavy atom. The van der Waals surface area contributed by atoms with Crippen molar-refractivity contribution in [1.29, 1.82) is 0 Å². The molecule has 19 heavy (non-hydrogen) atoms. The Bertz CT molecular complexity index is 595. The molecular formula is C16H15NO2. The van der Waals surface area contributed by atoms with Crippen molar-refractivity contribution >= 4 is 5.91 Å². The van der Waals surface area contributed by atoms with Crippen molar-refractivity contribution in [3.05, 3.63) is 71.3 Å². The Balaban J connectivity index is 1.94. The molecule has 3 rings (SSSR count). The first-order valence-corrected chi connectivity index (χ1v) is 6.36. The van der Waals surface area contributed by atoms with Crippen molar-refractivity contribution in [3.8, 4) is 0 Å². The van der Waals surface area contributed by atoms with Crippen LogP contribution in [-0.4, -0.2) is 22.5 Å². The molecule has 0 spiro atoms. The van der Waals surface area contributed by atoms with Crippen LogP contribution in [0.3, 0.4) is 0 Å². The maximum Gasteiger partial charge on any atom is 0.255 e. The summed E-state index contributed by atoms with van der Waals surface area (Å²) >= 11 is 0. The van der Waals surface area contributed by atoms with Gasteiger partial charge in [-0.15, -0.1) is 0 Å². The van der Waals surface area contributed by atoms with Crippen molar-refractivity contribution in [1.82, 2.24) is 4.90 Å². The highest BCUT2D eigenvalue weighted by atomic mass is 16.3. The third-order valence-corrected chi connectivity index (χ3v) is 3.58. The van der Waals surface area contributed by atoms with E-state index in [9.17, 15) is 9.90 Å². The summed E-state index contributed by atoms with van der Waals surface area (Å²) in [7, 11) is 0. The zero-order valence-electron chi connectivity index (χ0n) is 10.5. The smallest absolute Gasteiger partial charge is 0.255 e. The first-order chi connectivity index (χ1) is 9.31. The average Bonchev–Trinajstić information content (AvgIpc) is 2.79. The molecule has 2 aromatic rings. The molecule has 1 N–H and O–H groups in total. The lowest BCUT2D eigenvalue weighted by Gasteiger charge is -2.26. The van der Waals surface area contributed by atoms with Crippen LogP contribution in [0.15, 0.2) is 54.6 Å². The predicted molar refractivity (Wildman–Crippen MR) is 72.6 cm³/mol. The maximum absolute atomic E-state index is 12.4. The Labute approximate surface area is 112 Å². The van der Waals surface area contributed by atoms with E-state index in [-0.39, 0.29) is 18.6 Å².